The van der Waals surface area contributed by atoms with Crippen molar-refractivity contribution < 1.29 is 0 Å². The molecule has 0 aliphatic carbocycles. The summed E-state index contributed by atoms with van der Waals surface area (Å²) in [6.45, 7) is 1.92. The average Bonchev–Trinajstić information content (AvgIpc) is 2.13. The normalized spacial score (nSPS) is 11.1. The van der Waals surface area contributed by atoms with Crippen molar-refractivity contribution in [3.63, 3.8) is 0 Å². The molecule has 1 aromatic rings. The summed E-state index contributed by atoms with van der Waals surface area (Å²) in [5.74, 6) is 0. The van der Waals surface area contributed by atoms with E-state index >= 15 is 0 Å². The molecule has 1 rings (SSSR count). The lowest BCUT2D eigenvalue weighted by Gasteiger charge is -1.79. The van der Waals surface area contributed by atoms with E-state index < -0.39 is 0 Å². The van der Waals surface area contributed by atoms with Crippen molar-refractivity contribution >= 4 is 40.6 Å². The minimum atomic E-state index is 0.480. The van der Waals surface area contributed by atoms with Crippen molar-refractivity contribution in [2.24, 2.45) is 0 Å². The third-order valence-electron chi connectivity index (χ3n) is 0.902. The molecule has 0 spiro atoms. The van der Waals surface area contributed by atoms with E-state index in [1.54, 1.807) is 0 Å². The standard InChI is InChI=1S/C6H5Cl2NS/c1-2-3-4-5(7)9-6(8)10-4/h2-3H,1H3/b3-2+. The fraction of sp³-hybridized carbons (Fsp3) is 0.167. The Morgan fingerprint density at radius 3 is 2.60 bits per heavy atom. The van der Waals surface area contributed by atoms with Gasteiger partial charge < -0.3 is 0 Å². The molecule has 0 fully saturated rings. The van der Waals surface area contributed by atoms with Crippen molar-refractivity contribution in [1.29, 1.82) is 0 Å². The van der Waals surface area contributed by atoms with Crippen LogP contribution in [0.25, 0.3) is 6.08 Å². The molecule has 0 radical (unpaired) electrons. The van der Waals surface area contributed by atoms with E-state index in [4.69, 9.17) is 23.2 Å². The van der Waals surface area contributed by atoms with Crippen molar-refractivity contribution in [2.45, 2.75) is 6.92 Å². The van der Waals surface area contributed by atoms with E-state index in [0.29, 0.717) is 9.62 Å². The summed E-state index contributed by atoms with van der Waals surface area (Å²) in [6, 6.07) is 0. The minimum Gasteiger partial charge on any atom is -0.212 e. The summed E-state index contributed by atoms with van der Waals surface area (Å²) in [5.41, 5.74) is 0. The van der Waals surface area contributed by atoms with E-state index in [1.165, 1.54) is 11.3 Å². The number of nitrogens with zero attached hydrogens (tertiary/aromatic N) is 1. The van der Waals surface area contributed by atoms with Gasteiger partial charge in [0.05, 0.1) is 4.88 Å². The maximum absolute atomic E-state index is 5.69. The first-order valence-electron chi connectivity index (χ1n) is 2.68. The van der Waals surface area contributed by atoms with Crippen LogP contribution in [-0.4, -0.2) is 4.98 Å². The van der Waals surface area contributed by atoms with E-state index in [0.717, 1.165) is 4.88 Å². The Kier molecular flexibility index (Phi) is 2.72. The molecule has 10 heavy (non-hydrogen) atoms. The molecular weight excluding hydrogens is 189 g/mol. The molecule has 4 heteroatoms. The van der Waals surface area contributed by atoms with Gasteiger partial charge in [-0.05, 0) is 13.0 Å². The van der Waals surface area contributed by atoms with E-state index in [-0.39, 0.29) is 0 Å². The van der Waals surface area contributed by atoms with Crippen LogP contribution < -0.4 is 0 Å². The fourth-order valence-corrected chi connectivity index (χ4v) is 1.88. The molecule has 0 saturated heterocycles. The highest BCUT2D eigenvalue weighted by atomic mass is 35.5. The highest BCUT2D eigenvalue weighted by molar-refractivity contribution is 7.17. The number of hydrogen-bond donors (Lipinski definition) is 0. The van der Waals surface area contributed by atoms with E-state index in [2.05, 4.69) is 4.98 Å². The van der Waals surface area contributed by atoms with Gasteiger partial charge in [-0.3, -0.25) is 0 Å². The van der Waals surface area contributed by atoms with Crippen molar-refractivity contribution in [1.82, 2.24) is 4.98 Å². The largest absolute Gasteiger partial charge is 0.212 e. The number of hydrogen-bond acceptors (Lipinski definition) is 2. The Hall–Kier alpha value is -0.0500. The van der Waals surface area contributed by atoms with Crippen molar-refractivity contribution in [3.05, 3.63) is 20.6 Å². The highest BCUT2D eigenvalue weighted by Crippen LogP contribution is 2.27. The van der Waals surface area contributed by atoms with Crippen LogP contribution in [0, 0.1) is 0 Å². The summed E-state index contributed by atoms with van der Waals surface area (Å²) in [6.07, 6.45) is 3.78. The van der Waals surface area contributed by atoms with Gasteiger partial charge in [-0.1, -0.05) is 29.3 Å². The van der Waals surface area contributed by atoms with Crippen LogP contribution >= 0.6 is 34.5 Å². The third-order valence-corrected chi connectivity index (χ3v) is 2.43. The Labute approximate surface area is 73.3 Å². The first kappa shape index (κ1) is 8.05. The molecule has 1 nitrogen and oxygen atoms in total. The summed E-state index contributed by atoms with van der Waals surface area (Å²) < 4.78 is 0.484. The van der Waals surface area contributed by atoms with E-state index in [9.17, 15) is 0 Å². The Morgan fingerprint density at radius 1 is 1.50 bits per heavy atom. The van der Waals surface area contributed by atoms with Gasteiger partial charge in [0, 0.05) is 0 Å². The molecular formula is C6H5Cl2NS. The maximum Gasteiger partial charge on any atom is 0.185 e. The number of halogens is 2. The monoisotopic (exact) mass is 193 g/mol. The van der Waals surface area contributed by atoms with Gasteiger partial charge in [0.1, 0.15) is 5.15 Å². The average molecular weight is 194 g/mol. The topological polar surface area (TPSA) is 12.9 Å². The van der Waals surface area contributed by atoms with Crippen LogP contribution in [0.3, 0.4) is 0 Å². The second-order valence-corrected chi connectivity index (χ2v) is 3.59. The summed E-state index contributed by atoms with van der Waals surface area (Å²) in [4.78, 5) is 4.74. The van der Waals surface area contributed by atoms with Crippen LogP contribution in [0.4, 0.5) is 0 Å². The van der Waals surface area contributed by atoms with Gasteiger partial charge in [0.25, 0.3) is 0 Å². The molecule has 0 unspecified atom stereocenters. The number of aromatic nitrogens is 1. The van der Waals surface area contributed by atoms with Crippen molar-refractivity contribution in [2.75, 3.05) is 0 Å². The van der Waals surface area contributed by atoms with Gasteiger partial charge >= 0.3 is 0 Å². The molecule has 0 atom stereocenters. The third kappa shape index (κ3) is 1.72. The SMILES string of the molecule is C/C=C/c1sc(Cl)nc1Cl. The molecule has 0 amide bonds. The minimum absolute atomic E-state index is 0.480. The van der Waals surface area contributed by atoms with Gasteiger partial charge in [-0.25, -0.2) is 4.98 Å². The second kappa shape index (κ2) is 3.37. The summed E-state index contributed by atoms with van der Waals surface area (Å²) in [5, 5.41) is 0.480. The van der Waals surface area contributed by atoms with Gasteiger partial charge in [0.2, 0.25) is 0 Å². The fourth-order valence-electron chi connectivity index (χ4n) is 0.542. The number of rotatable bonds is 1. The smallest absolute Gasteiger partial charge is 0.185 e. The zero-order valence-corrected chi connectivity index (χ0v) is 7.59. The maximum atomic E-state index is 5.69. The van der Waals surface area contributed by atoms with Gasteiger partial charge in [-0.2, -0.15) is 0 Å². The lowest BCUT2D eigenvalue weighted by atomic mass is 10.5. The Bertz CT molecular complexity index is 254. The van der Waals surface area contributed by atoms with E-state index in [1.807, 2.05) is 19.1 Å². The quantitative estimate of drug-likeness (QED) is 0.666. The molecule has 54 valence electrons. The van der Waals surface area contributed by atoms with Gasteiger partial charge in [-0.15, -0.1) is 11.3 Å². The molecule has 0 saturated carbocycles. The lowest BCUT2D eigenvalue weighted by molar-refractivity contribution is 1.42. The molecule has 0 aliphatic heterocycles. The van der Waals surface area contributed by atoms with Crippen molar-refractivity contribution in [3.8, 4) is 0 Å². The molecule has 1 aromatic heterocycles. The van der Waals surface area contributed by atoms with Crippen LogP contribution in [0.5, 0.6) is 0 Å². The number of allylic oxidation sites excluding steroid dienone is 1. The molecule has 0 aromatic carbocycles. The Morgan fingerprint density at radius 2 is 2.20 bits per heavy atom. The molecule has 0 N–H and O–H groups in total. The summed E-state index contributed by atoms with van der Waals surface area (Å²) >= 11 is 12.7. The van der Waals surface area contributed by atoms with Crippen LogP contribution in [-0.2, 0) is 0 Å². The highest BCUT2D eigenvalue weighted by Gasteiger charge is 2.02. The number of thiazole rings is 1. The van der Waals surface area contributed by atoms with Crippen LogP contribution in [0.15, 0.2) is 6.08 Å². The predicted octanol–water partition coefficient (Wildman–Crippen LogP) is 3.48. The second-order valence-electron chi connectivity index (χ2n) is 1.62. The van der Waals surface area contributed by atoms with Crippen LogP contribution in [0.1, 0.15) is 11.8 Å². The molecule has 0 bridgehead atoms. The Balaban J connectivity index is 3.03. The predicted molar refractivity (Wildman–Crippen MR) is 46.8 cm³/mol. The summed E-state index contributed by atoms with van der Waals surface area (Å²) in [7, 11) is 0. The first-order chi connectivity index (χ1) is 4.74. The van der Waals surface area contributed by atoms with Crippen LogP contribution in [0.2, 0.25) is 9.62 Å². The van der Waals surface area contributed by atoms with Gasteiger partial charge in [0.15, 0.2) is 4.47 Å². The molecule has 0 aliphatic rings. The zero-order chi connectivity index (χ0) is 7.56. The molecule has 1 heterocycles. The zero-order valence-electron chi connectivity index (χ0n) is 5.27. The first-order valence-corrected chi connectivity index (χ1v) is 4.26. The lowest BCUT2D eigenvalue weighted by Crippen LogP contribution is -1.62.